The molecular formula is C16H22N2O. The smallest absolute Gasteiger partial charge is 0.254 e. The Bertz CT molecular complexity index is 448. The van der Waals surface area contributed by atoms with Crippen molar-refractivity contribution in [2.75, 3.05) is 11.9 Å². The molecule has 1 amide bonds. The maximum Gasteiger partial charge on any atom is 0.254 e. The second-order valence-corrected chi connectivity index (χ2v) is 4.45. The fraction of sp³-hybridized carbons (Fsp3) is 0.438. The van der Waals surface area contributed by atoms with Crippen LogP contribution in [0.4, 0.5) is 5.69 Å². The van der Waals surface area contributed by atoms with Crippen LogP contribution in [0.1, 0.15) is 43.5 Å². The maximum absolute atomic E-state index is 12.2. The first-order valence-corrected chi connectivity index (χ1v) is 6.82. The number of carbonyl (C=O) groups is 1. The lowest BCUT2D eigenvalue weighted by Crippen LogP contribution is -2.34. The van der Waals surface area contributed by atoms with Gasteiger partial charge < -0.3 is 10.6 Å². The highest BCUT2D eigenvalue weighted by molar-refractivity contribution is 5.99. The molecule has 3 heteroatoms. The van der Waals surface area contributed by atoms with Crippen LogP contribution in [-0.4, -0.2) is 18.5 Å². The van der Waals surface area contributed by atoms with Crippen LogP contribution in [-0.2, 0) is 0 Å². The van der Waals surface area contributed by atoms with Crippen molar-refractivity contribution in [3.05, 3.63) is 29.8 Å². The van der Waals surface area contributed by atoms with E-state index >= 15 is 0 Å². The molecule has 1 atom stereocenters. The standard InChI is InChI=1S/C16H22N2O/c1-4-9-13(6-3)18-16(19)14-10-7-8-11-15(14)17-12-5-2/h3,7-8,10-11,13,17H,4-5,9,12H2,1-2H3,(H,18,19). The van der Waals surface area contributed by atoms with E-state index in [0.717, 1.165) is 31.5 Å². The lowest BCUT2D eigenvalue weighted by Gasteiger charge is -2.15. The third-order valence-corrected chi connectivity index (χ3v) is 2.82. The van der Waals surface area contributed by atoms with Crippen LogP contribution in [0.5, 0.6) is 0 Å². The summed E-state index contributed by atoms with van der Waals surface area (Å²) in [5, 5.41) is 6.14. The van der Waals surface area contributed by atoms with E-state index < -0.39 is 0 Å². The molecule has 1 unspecified atom stereocenters. The van der Waals surface area contributed by atoms with Gasteiger partial charge in [-0.25, -0.2) is 0 Å². The van der Waals surface area contributed by atoms with Crippen molar-refractivity contribution in [1.82, 2.24) is 5.32 Å². The van der Waals surface area contributed by atoms with Crippen LogP contribution in [0.3, 0.4) is 0 Å². The number of hydrogen-bond acceptors (Lipinski definition) is 2. The molecule has 0 radical (unpaired) electrons. The quantitative estimate of drug-likeness (QED) is 0.738. The van der Waals surface area contributed by atoms with Crippen molar-refractivity contribution >= 4 is 11.6 Å². The first-order valence-electron chi connectivity index (χ1n) is 6.82. The largest absolute Gasteiger partial charge is 0.384 e. The number of rotatable bonds is 7. The van der Waals surface area contributed by atoms with Crippen molar-refractivity contribution in [3.8, 4) is 12.3 Å². The Kier molecular flexibility index (Phi) is 6.52. The first-order chi connectivity index (χ1) is 9.22. The van der Waals surface area contributed by atoms with Gasteiger partial charge in [0.15, 0.2) is 0 Å². The van der Waals surface area contributed by atoms with E-state index in [4.69, 9.17) is 6.42 Å². The van der Waals surface area contributed by atoms with E-state index in [0.29, 0.717) is 5.56 Å². The number of terminal acetylenes is 1. The summed E-state index contributed by atoms with van der Waals surface area (Å²) in [5.74, 6) is 2.50. The Hall–Kier alpha value is -1.95. The molecule has 0 aromatic heterocycles. The highest BCUT2D eigenvalue weighted by atomic mass is 16.1. The lowest BCUT2D eigenvalue weighted by atomic mass is 10.1. The SMILES string of the molecule is C#CC(CCC)NC(=O)c1ccccc1NCCC. The Labute approximate surface area is 115 Å². The summed E-state index contributed by atoms with van der Waals surface area (Å²) in [7, 11) is 0. The Balaban J connectivity index is 2.78. The summed E-state index contributed by atoms with van der Waals surface area (Å²) in [6.45, 7) is 4.98. The molecule has 1 aromatic rings. The average molecular weight is 258 g/mol. The van der Waals surface area contributed by atoms with Crippen LogP contribution in [0.25, 0.3) is 0 Å². The summed E-state index contributed by atoms with van der Waals surface area (Å²) < 4.78 is 0. The van der Waals surface area contributed by atoms with Crippen LogP contribution in [0, 0.1) is 12.3 Å². The third-order valence-electron chi connectivity index (χ3n) is 2.82. The van der Waals surface area contributed by atoms with E-state index in [9.17, 15) is 4.79 Å². The summed E-state index contributed by atoms with van der Waals surface area (Å²) in [6, 6.07) is 7.30. The molecular weight excluding hydrogens is 236 g/mol. The van der Waals surface area contributed by atoms with Gasteiger partial charge in [-0.05, 0) is 25.0 Å². The Morgan fingerprint density at radius 2 is 2.05 bits per heavy atom. The van der Waals surface area contributed by atoms with E-state index in [1.54, 1.807) is 0 Å². The molecule has 0 spiro atoms. The molecule has 0 bridgehead atoms. The molecule has 3 nitrogen and oxygen atoms in total. The summed E-state index contributed by atoms with van der Waals surface area (Å²) in [5.41, 5.74) is 1.50. The van der Waals surface area contributed by atoms with Crippen molar-refractivity contribution in [3.63, 3.8) is 0 Å². The topological polar surface area (TPSA) is 41.1 Å². The molecule has 102 valence electrons. The van der Waals surface area contributed by atoms with E-state index in [1.165, 1.54) is 0 Å². The Morgan fingerprint density at radius 1 is 1.32 bits per heavy atom. The molecule has 0 aliphatic heterocycles. The summed E-state index contributed by atoms with van der Waals surface area (Å²) in [4.78, 5) is 12.2. The molecule has 0 aliphatic carbocycles. The van der Waals surface area contributed by atoms with Crippen LogP contribution in [0.15, 0.2) is 24.3 Å². The van der Waals surface area contributed by atoms with Crippen LogP contribution < -0.4 is 10.6 Å². The molecule has 0 aliphatic rings. The molecule has 2 N–H and O–H groups in total. The normalized spacial score (nSPS) is 11.4. The van der Waals surface area contributed by atoms with Gasteiger partial charge in [-0.3, -0.25) is 4.79 Å². The van der Waals surface area contributed by atoms with E-state index in [2.05, 4.69) is 23.5 Å². The van der Waals surface area contributed by atoms with Gasteiger partial charge >= 0.3 is 0 Å². The number of benzene rings is 1. The maximum atomic E-state index is 12.2. The van der Waals surface area contributed by atoms with Gasteiger partial charge in [0, 0.05) is 12.2 Å². The number of para-hydroxylation sites is 1. The number of nitrogens with one attached hydrogen (secondary N) is 2. The Morgan fingerprint density at radius 3 is 2.68 bits per heavy atom. The van der Waals surface area contributed by atoms with Gasteiger partial charge in [0.05, 0.1) is 11.6 Å². The van der Waals surface area contributed by atoms with Gasteiger partial charge in [0.1, 0.15) is 0 Å². The van der Waals surface area contributed by atoms with Crippen molar-refractivity contribution in [2.45, 2.75) is 39.2 Å². The fourth-order valence-corrected chi connectivity index (χ4v) is 1.82. The number of amides is 1. The van der Waals surface area contributed by atoms with Crippen molar-refractivity contribution < 1.29 is 4.79 Å². The van der Waals surface area contributed by atoms with Gasteiger partial charge in [0.2, 0.25) is 0 Å². The second kappa shape index (κ2) is 8.20. The predicted molar refractivity (Wildman–Crippen MR) is 80.2 cm³/mol. The molecule has 0 saturated carbocycles. The zero-order chi connectivity index (χ0) is 14.1. The molecule has 0 heterocycles. The minimum Gasteiger partial charge on any atom is -0.384 e. The molecule has 0 fully saturated rings. The average Bonchev–Trinajstić information content (AvgIpc) is 2.44. The number of carbonyl (C=O) groups excluding carboxylic acids is 1. The van der Waals surface area contributed by atoms with Gasteiger partial charge in [-0.2, -0.15) is 0 Å². The fourth-order valence-electron chi connectivity index (χ4n) is 1.82. The van der Waals surface area contributed by atoms with Gasteiger partial charge in [0.25, 0.3) is 5.91 Å². The number of anilines is 1. The lowest BCUT2D eigenvalue weighted by molar-refractivity contribution is 0.0945. The monoisotopic (exact) mass is 258 g/mol. The highest BCUT2D eigenvalue weighted by Gasteiger charge is 2.13. The number of hydrogen-bond donors (Lipinski definition) is 2. The first kappa shape index (κ1) is 15.1. The molecule has 1 rings (SSSR count). The van der Waals surface area contributed by atoms with E-state index in [-0.39, 0.29) is 11.9 Å². The minimum atomic E-state index is -0.197. The van der Waals surface area contributed by atoms with Gasteiger partial charge in [-0.15, -0.1) is 6.42 Å². The minimum absolute atomic E-state index is 0.115. The van der Waals surface area contributed by atoms with Crippen LogP contribution >= 0.6 is 0 Å². The molecule has 19 heavy (non-hydrogen) atoms. The van der Waals surface area contributed by atoms with E-state index in [1.807, 2.05) is 31.2 Å². The summed E-state index contributed by atoms with van der Waals surface area (Å²) >= 11 is 0. The molecule has 1 aromatic carbocycles. The van der Waals surface area contributed by atoms with Crippen LogP contribution in [0.2, 0.25) is 0 Å². The zero-order valence-corrected chi connectivity index (χ0v) is 11.7. The third kappa shape index (κ3) is 4.67. The van der Waals surface area contributed by atoms with Crippen molar-refractivity contribution in [2.24, 2.45) is 0 Å². The highest BCUT2D eigenvalue weighted by Crippen LogP contribution is 2.15. The van der Waals surface area contributed by atoms with Gasteiger partial charge in [-0.1, -0.05) is 38.3 Å². The predicted octanol–water partition coefficient (Wildman–Crippen LogP) is 3.04. The van der Waals surface area contributed by atoms with Crippen molar-refractivity contribution in [1.29, 1.82) is 0 Å². The second-order valence-electron chi connectivity index (χ2n) is 4.45. The zero-order valence-electron chi connectivity index (χ0n) is 11.7. The summed E-state index contributed by atoms with van der Waals surface area (Å²) in [6.07, 6.45) is 8.18. The molecule has 0 saturated heterocycles.